The number of hydrogen-bond donors (Lipinski definition) is 2. The van der Waals surface area contributed by atoms with E-state index in [1.54, 1.807) is 6.26 Å². The molecule has 1 aliphatic heterocycles. The molecule has 0 aromatic carbocycles. The van der Waals surface area contributed by atoms with Crippen LogP contribution in [0.1, 0.15) is 31.4 Å². The Hall–Kier alpha value is -1.82. The lowest BCUT2D eigenvalue weighted by molar-refractivity contribution is -0.139. The molecule has 120 valence electrons. The third-order valence-corrected chi connectivity index (χ3v) is 4.34. The van der Waals surface area contributed by atoms with Gasteiger partial charge in [0.05, 0.1) is 12.8 Å². The van der Waals surface area contributed by atoms with E-state index in [1.165, 1.54) is 0 Å². The van der Waals surface area contributed by atoms with Crippen LogP contribution in [0.15, 0.2) is 22.8 Å². The highest BCUT2D eigenvalue weighted by molar-refractivity contribution is 6.35. The minimum absolute atomic E-state index is 0.225. The first-order valence-electron chi connectivity index (χ1n) is 8.04. The summed E-state index contributed by atoms with van der Waals surface area (Å²) in [5, 5.41) is 5.46. The van der Waals surface area contributed by atoms with E-state index in [0.717, 1.165) is 51.1 Å². The first-order chi connectivity index (χ1) is 10.7. The quantitative estimate of drug-likeness (QED) is 0.792. The molecule has 6 heteroatoms. The van der Waals surface area contributed by atoms with E-state index >= 15 is 0 Å². The zero-order valence-electron chi connectivity index (χ0n) is 12.7. The summed E-state index contributed by atoms with van der Waals surface area (Å²) >= 11 is 0. The summed E-state index contributed by atoms with van der Waals surface area (Å²) in [7, 11) is 0. The summed E-state index contributed by atoms with van der Waals surface area (Å²) in [5.74, 6) is 0.455. The highest BCUT2D eigenvalue weighted by atomic mass is 16.3. The van der Waals surface area contributed by atoms with Crippen LogP contribution in [-0.2, 0) is 16.1 Å². The monoisotopic (exact) mass is 305 g/mol. The lowest BCUT2D eigenvalue weighted by atomic mass is 9.96. The Morgan fingerprint density at radius 1 is 1.18 bits per heavy atom. The van der Waals surface area contributed by atoms with E-state index in [-0.39, 0.29) is 6.04 Å². The SMILES string of the molecule is O=C(NCC1CCN(Cc2ccco2)CC1)C(=O)NC1CC1. The highest BCUT2D eigenvalue weighted by Crippen LogP contribution is 2.19. The summed E-state index contributed by atoms with van der Waals surface area (Å²) in [6.07, 6.45) is 5.75. The van der Waals surface area contributed by atoms with E-state index in [9.17, 15) is 9.59 Å². The Morgan fingerprint density at radius 3 is 2.59 bits per heavy atom. The smallest absolute Gasteiger partial charge is 0.309 e. The fourth-order valence-electron chi connectivity index (χ4n) is 2.77. The zero-order chi connectivity index (χ0) is 15.4. The van der Waals surface area contributed by atoms with Gasteiger partial charge < -0.3 is 15.1 Å². The van der Waals surface area contributed by atoms with Crippen molar-refractivity contribution in [3.63, 3.8) is 0 Å². The Balaban J connectivity index is 1.33. The summed E-state index contributed by atoms with van der Waals surface area (Å²) < 4.78 is 5.36. The third-order valence-electron chi connectivity index (χ3n) is 4.34. The van der Waals surface area contributed by atoms with Crippen LogP contribution in [0.4, 0.5) is 0 Å². The number of carbonyl (C=O) groups excluding carboxylic acids is 2. The minimum atomic E-state index is -0.495. The molecule has 0 bridgehead atoms. The molecule has 1 saturated heterocycles. The summed E-state index contributed by atoms with van der Waals surface area (Å²) in [6.45, 7) is 3.42. The van der Waals surface area contributed by atoms with Gasteiger partial charge in [-0.05, 0) is 56.8 Å². The van der Waals surface area contributed by atoms with Crippen LogP contribution in [0.2, 0.25) is 0 Å². The van der Waals surface area contributed by atoms with E-state index < -0.39 is 11.8 Å². The number of rotatable bonds is 5. The molecule has 1 aliphatic carbocycles. The molecule has 2 fully saturated rings. The maximum Gasteiger partial charge on any atom is 0.309 e. The molecule has 0 radical (unpaired) electrons. The molecule has 6 nitrogen and oxygen atoms in total. The van der Waals surface area contributed by atoms with Crippen molar-refractivity contribution in [1.82, 2.24) is 15.5 Å². The molecular weight excluding hydrogens is 282 g/mol. The molecular formula is C16H23N3O3. The predicted octanol–water partition coefficient (Wildman–Crippen LogP) is 0.886. The van der Waals surface area contributed by atoms with Crippen LogP contribution in [-0.4, -0.2) is 42.4 Å². The first kappa shape index (κ1) is 15.1. The number of carbonyl (C=O) groups is 2. The van der Waals surface area contributed by atoms with Gasteiger partial charge in [0.15, 0.2) is 0 Å². The normalized spacial score (nSPS) is 19.8. The van der Waals surface area contributed by atoms with Crippen LogP contribution in [0.3, 0.4) is 0 Å². The molecule has 22 heavy (non-hydrogen) atoms. The second-order valence-corrected chi connectivity index (χ2v) is 6.26. The fourth-order valence-corrected chi connectivity index (χ4v) is 2.77. The van der Waals surface area contributed by atoms with Gasteiger partial charge in [0.2, 0.25) is 0 Å². The van der Waals surface area contributed by atoms with Gasteiger partial charge in [-0.1, -0.05) is 0 Å². The molecule has 0 unspecified atom stereocenters. The Morgan fingerprint density at radius 2 is 1.95 bits per heavy atom. The van der Waals surface area contributed by atoms with Crippen molar-refractivity contribution < 1.29 is 14.0 Å². The van der Waals surface area contributed by atoms with E-state index in [4.69, 9.17) is 4.42 Å². The van der Waals surface area contributed by atoms with Gasteiger partial charge in [-0.3, -0.25) is 14.5 Å². The number of piperidine rings is 1. The molecule has 2 aliphatic rings. The van der Waals surface area contributed by atoms with Gasteiger partial charge >= 0.3 is 11.8 Å². The first-order valence-corrected chi connectivity index (χ1v) is 8.04. The summed E-state index contributed by atoms with van der Waals surface area (Å²) in [4.78, 5) is 25.6. The van der Waals surface area contributed by atoms with E-state index in [2.05, 4.69) is 15.5 Å². The topological polar surface area (TPSA) is 74.6 Å². The van der Waals surface area contributed by atoms with Crippen molar-refractivity contribution in [1.29, 1.82) is 0 Å². The van der Waals surface area contributed by atoms with Gasteiger partial charge in [-0.25, -0.2) is 0 Å². The van der Waals surface area contributed by atoms with Crippen LogP contribution in [0, 0.1) is 5.92 Å². The number of amides is 2. The Bertz CT molecular complexity index is 503. The predicted molar refractivity (Wildman–Crippen MR) is 80.9 cm³/mol. The van der Waals surface area contributed by atoms with Crippen LogP contribution in [0.5, 0.6) is 0 Å². The number of likely N-dealkylation sites (tertiary alicyclic amines) is 1. The Kier molecular flexibility index (Phi) is 4.77. The summed E-state index contributed by atoms with van der Waals surface area (Å²) in [5.41, 5.74) is 0. The number of nitrogens with zero attached hydrogens (tertiary/aromatic N) is 1. The van der Waals surface area contributed by atoms with Crippen molar-refractivity contribution in [3.05, 3.63) is 24.2 Å². The molecule has 3 rings (SSSR count). The number of nitrogens with one attached hydrogen (secondary N) is 2. The maximum absolute atomic E-state index is 11.7. The highest BCUT2D eigenvalue weighted by Gasteiger charge is 2.27. The van der Waals surface area contributed by atoms with Crippen molar-refractivity contribution in [2.24, 2.45) is 5.92 Å². The standard InChI is InChI=1S/C16H23N3O3/c20-15(16(21)18-13-3-4-13)17-10-12-5-7-19(8-6-12)11-14-2-1-9-22-14/h1-2,9,12-13H,3-8,10-11H2,(H,17,20)(H,18,21). The fraction of sp³-hybridized carbons (Fsp3) is 0.625. The molecule has 0 atom stereocenters. The van der Waals surface area contributed by atoms with E-state index in [1.807, 2.05) is 12.1 Å². The largest absolute Gasteiger partial charge is 0.468 e. The molecule has 2 amide bonds. The Labute approximate surface area is 130 Å². The number of hydrogen-bond acceptors (Lipinski definition) is 4. The van der Waals surface area contributed by atoms with Crippen LogP contribution in [0.25, 0.3) is 0 Å². The molecule has 1 aromatic heterocycles. The van der Waals surface area contributed by atoms with Gasteiger partial charge in [-0.15, -0.1) is 0 Å². The number of furan rings is 1. The van der Waals surface area contributed by atoms with Gasteiger partial charge in [0.25, 0.3) is 0 Å². The average molecular weight is 305 g/mol. The van der Waals surface area contributed by atoms with Crippen molar-refractivity contribution in [2.45, 2.75) is 38.3 Å². The molecule has 1 saturated carbocycles. The van der Waals surface area contributed by atoms with Gasteiger partial charge in [-0.2, -0.15) is 0 Å². The molecule has 0 spiro atoms. The van der Waals surface area contributed by atoms with Crippen molar-refractivity contribution in [2.75, 3.05) is 19.6 Å². The van der Waals surface area contributed by atoms with Crippen LogP contribution < -0.4 is 10.6 Å². The van der Waals surface area contributed by atoms with Gasteiger partial charge in [0, 0.05) is 12.6 Å². The second-order valence-electron chi connectivity index (χ2n) is 6.26. The van der Waals surface area contributed by atoms with Gasteiger partial charge in [0.1, 0.15) is 5.76 Å². The minimum Gasteiger partial charge on any atom is -0.468 e. The average Bonchev–Trinajstić information content (AvgIpc) is 3.19. The van der Waals surface area contributed by atoms with Crippen molar-refractivity contribution >= 4 is 11.8 Å². The summed E-state index contributed by atoms with van der Waals surface area (Å²) in [6, 6.07) is 4.12. The zero-order valence-corrected chi connectivity index (χ0v) is 12.7. The maximum atomic E-state index is 11.7. The molecule has 2 heterocycles. The molecule has 1 aromatic rings. The third kappa shape index (κ3) is 4.34. The second kappa shape index (κ2) is 6.96. The lowest BCUT2D eigenvalue weighted by Gasteiger charge is -2.31. The van der Waals surface area contributed by atoms with Crippen molar-refractivity contribution in [3.8, 4) is 0 Å². The van der Waals surface area contributed by atoms with Crippen LogP contribution >= 0.6 is 0 Å². The van der Waals surface area contributed by atoms with E-state index in [0.29, 0.717) is 12.5 Å². The lowest BCUT2D eigenvalue weighted by Crippen LogP contribution is -2.44. The molecule has 2 N–H and O–H groups in total.